The number of carbonyl (C=O) groups is 2. The van der Waals surface area contributed by atoms with Crippen LogP contribution in [0.3, 0.4) is 0 Å². The van der Waals surface area contributed by atoms with E-state index in [1.165, 1.54) is 6.07 Å². The number of halogens is 1. The zero-order chi connectivity index (χ0) is 13.4. The zero-order valence-electron chi connectivity index (χ0n) is 9.86. The first-order valence-electron chi connectivity index (χ1n) is 5.35. The molecule has 0 aromatic heterocycles. The Kier molecular flexibility index (Phi) is 3.04. The summed E-state index contributed by atoms with van der Waals surface area (Å²) in [6.45, 7) is 1.62. The van der Waals surface area contributed by atoms with Crippen molar-refractivity contribution in [3.05, 3.63) is 29.1 Å². The second-order valence-electron chi connectivity index (χ2n) is 4.10. The van der Waals surface area contributed by atoms with Gasteiger partial charge < -0.3 is 15.2 Å². The standard InChI is InChI=1S/C12H12FNO4/c1-5-7-3-6(10(15)12(17)18-2)4-8(13)9(7)14-11(5)16/h3-5,10,15H,1-2H3,(H,14,16). The van der Waals surface area contributed by atoms with E-state index < -0.39 is 23.8 Å². The number of nitrogens with one attached hydrogen (secondary N) is 1. The number of anilines is 1. The van der Waals surface area contributed by atoms with Crippen LogP contribution in [0.4, 0.5) is 10.1 Å². The van der Waals surface area contributed by atoms with Crippen LogP contribution in [0.15, 0.2) is 12.1 Å². The van der Waals surface area contributed by atoms with E-state index in [0.717, 1.165) is 13.2 Å². The minimum Gasteiger partial charge on any atom is -0.467 e. The molecule has 0 fully saturated rings. The van der Waals surface area contributed by atoms with Gasteiger partial charge in [-0.25, -0.2) is 9.18 Å². The third-order valence-corrected chi connectivity index (χ3v) is 2.99. The van der Waals surface area contributed by atoms with Gasteiger partial charge >= 0.3 is 5.97 Å². The molecule has 18 heavy (non-hydrogen) atoms. The number of methoxy groups -OCH3 is 1. The van der Waals surface area contributed by atoms with Crippen LogP contribution in [0.1, 0.15) is 30.1 Å². The number of aliphatic hydroxyl groups excluding tert-OH is 1. The number of benzene rings is 1. The summed E-state index contributed by atoms with van der Waals surface area (Å²) in [5.41, 5.74) is 0.604. The van der Waals surface area contributed by atoms with E-state index >= 15 is 0 Å². The van der Waals surface area contributed by atoms with E-state index in [0.29, 0.717) is 5.56 Å². The number of aliphatic hydroxyl groups is 1. The fourth-order valence-corrected chi connectivity index (χ4v) is 1.90. The van der Waals surface area contributed by atoms with Crippen molar-refractivity contribution in [1.82, 2.24) is 0 Å². The van der Waals surface area contributed by atoms with Gasteiger partial charge in [0.25, 0.3) is 0 Å². The van der Waals surface area contributed by atoms with Crippen molar-refractivity contribution in [2.45, 2.75) is 18.9 Å². The van der Waals surface area contributed by atoms with Crippen molar-refractivity contribution in [3.8, 4) is 0 Å². The summed E-state index contributed by atoms with van der Waals surface area (Å²) in [4.78, 5) is 22.6. The summed E-state index contributed by atoms with van der Waals surface area (Å²) in [5.74, 6) is -2.38. The smallest absolute Gasteiger partial charge is 0.339 e. The van der Waals surface area contributed by atoms with Crippen LogP contribution in [0.25, 0.3) is 0 Å². The Bertz CT molecular complexity index is 529. The molecule has 2 N–H and O–H groups in total. The first-order valence-corrected chi connectivity index (χ1v) is 5.35. The quantitative estimate of drug-likeness (QED) is 0.773. The van der Waals surface area contributed by atoms with Crippen LogP contribution in [0.2, 0.25) is 0 Å². The van der Waals surface area contributed by atoms with Crippen LogP contribution in [0, 0.1) is 5.82 Å². The normalized spacial score (nSPS) is 19.1. The number of fused-ring (bicyclic) bond motifs is 1. The van der Waals surface area contributed by atoms with Crippen molar-refractivity contribution in [3.63, 3.8) is 0 Å². The average Bonchev–Trinajstić information content (AvgIpc) is 2.65. The molecule has 96 valence electrons. The van der Waals surface area contributed by atoms with Crippen LogP contribution in [0.5, 0.6) is 0 Å². The van der Waals surface area contributed by atoms with Crippen molar-refractivity contribution in [1.29, 1.82) is 0 Å². The molecule has 2 unspecified atom stereocenters. The molecular weight excluding hydrogens is 241 g/mol. The minimum atomic E-state index is -1.56. The molecule has 2 atom stereocenters. The van der Waals surface area contributed by atoms with Crippen LogP contribution < -0.4 is 5.32 Å². The van der Waals surface area contributed by atoms with Gasteiger partial charge in [0.05, 0.1) is 18.7 Å². The molecule has 0 bridgehead atoms. The SMILES string of the molecule is COC(=O)C(O)c1cc(F)c2c(c1)C(C)C(=O)N2. The predicted octanol–water partition coefficient (Wildman–Crippen LogP) is 1.09. The maximum atomic E-state index is 13.7. The summed E-state index contributed by atoms with van der Waals surface area (Å²) in [6.07, 6.45) is -1.56. The van der Waals surface area contributed by atoms with E-state index in [4.69, 9.17) is 0 Å². The molecule has 6 heteroatoms. The maximum absolute atomic E-state index is 13.7. The van der Waals surface area contributed by atoms with E-state index in [1.54, 1.807) is 6.92 Å². The molecule has 1 aliphatic heterocycles. The van der Waals surface area contributed by atoms with Gasteiger partial charge in [0.15, 0.2) is 6.10 Å². The van der Waals surface area contributed by atoms with Gasteiger partial charge in [-0.3, -0.25) is 4.79 Å². The number of carbonyl (C=O) groups excluding carboxylic acids is 2. The molecular formula is C12H12FNO4. The van der Waals surface area contributed by atoms with Crippen LogP contribution in [-0.4, -0.2) is 24.1 Å². The van der Waals surface area contributed by atoms with Gasteiger partial charge in [0, 0.05) is 0 Å². The second kappa shape index (κ2) is 4.38. The number of hydrogen-bond donors (Lipinski definition) is 2. The van der Waals surface area contributed by atoms with Crippen LogP contribution >= 0.6 is 0 Å². The number of hydrogen-bond acceptors (Lipinski definition) is 4. The lowest BCUT2D eigenvalue weighted by molar-refractivity contribution is -0.150. The highest BCUT2D eigenvalue weighted by molar-refractivity contribution is 6.02. The van der Waals surface area contributed by atoms with Crippen LogP contribution in [-0.2, 0) is 14.3 Å². The molecule has 1 aromatic rings. The zero-order valence-corrected chi connectivity index (χ0v) is 9.86. The fraction of sp³-hybridized carbons (Fsp3) is 0.333. The molecule has 1 amide bonds. The third kappa shape index (κ3) is 1.84. The summed E-state index contributed by atoms with van der Waals surface area (Å²) >= 11 is 0. The molecule has 1 aliphatic rings. The Balaban J connectivity index is 2.46. The predicted molar refractivity (Wildman–Crippen MR) is 60.4 cm³/mol. The molecule has 0 saturated heterocycles. The highest BCUT2D eigenvalue weighted by Crippen LogP contribution is 2.36. The lowest BCUT2D eigenvalue weighted by Crippen LogP contribution is -2.14. The molecule has 0 saturated carbocycles. The van der Waals surface area contributed by atoms with E-state index in [1.807, 2.05) is 0 Å². The Labute approximate surface area is 103 Å². The van der Waals surface area contributed by atoms with E-state index in [9.17, 15) is 19.1 Å². The topological polar surface area (TPSA) is 75.6 Å². The fourth-order valence-electron chi connectivity index (χ4n) is 1.90. The summed E-state index contributed by atoms with van der Waals surface area (Å²) in [7, 11) is 1.13. The van der Waals surface area contributed by atoms with Crippen molar-refractivity contribution >= 4 is 17.6 Å². The van der Waals surface area contributed by atoms with Crippen molar-refractivity contribution in [2.75, 3.05) is 12.4 Å². The summed E-state index contributed by atoms with van der Waals surface area (Å²) in [6, 6.07) is 2.45. The number of esters is 1. The Hall–Kier alpha value is -1.95. The van der Waals surface area contributed by atoms with Crippen molar-refractivity contribution in [2.24, 2.45) is 0 Å². The Morgan fingerprint density at radius 1 is 1.56 bits per heavy atom. The monoisotopic (exact) mass is 253 g/mol. The third-order valence-electron chi connectivity index (χ3n) is 2.99. The second-order valence-corrected chi connectivity index (χ2v) is 4.10. The molecule has 1 heterocycles. The van der Waals surface area contributed by atoms with Gasteiger partial charge in [0.2, 0.25) is 5.91 Å². The van der Waals surface area contributed by atoms with Crippen molar-refractivity contribution < 1.29 is 23.8 Å². The molecule has 0 radical (unpaired) electrons. The highest BCUT2D eigenvalue weighted by Gasteiger charge is 2.31. The maximum Gasteiger partial charge on any atom is 0.339 e. The lowest BCUT2D eigenvalue weighted by Gasteiger charge is -2.11. The molecule has 5 nitrogen and oxygen atoms in total. The molecule has 1 aromatic carbocycles. The molecule has 0 spiro atoms. The largest absolute Gasteiger partial charge is 0.467 e. The Morgan fingerprint density at radius 2 is 2.22 bits per heavy atom. The molecule has 2 rings (SSSR count). The lowest BCUT2D eigenvalue weighted by atomic mass is 9.98. The first-order chi connectivity index (χ1) is 8.45. The van der Waals surface area contributed by atoms with Gasteiger partial charge in [-0.2, -0.15) is 0 Å². The van der Waals surface area contributed by atoms with E-state index in [2.05, 4.69) is 10.1 Å². The van der Waals surface area contributed by atoms with Gasteiger partial charge in [-0.15, -0.1) is 0 Å². The van der Waals surface area contributed by atoms with Gasteiger partial charge in [-0.05, 0) is 30.2 Å². The Morgan fingerprint density at radius 3 is 2.83 bits per heavy atom. The summed E-state index contributed by atoms with van der Waals surface area (Å²) < 4.78 is 18.1. The number of amides is 1. The minimum absolute atomic E-state index is 0.0708. The summed E-state index contributed by atoms with van der Waals surface area (Å²) in [5, 5.41) is 12.1. The van der Waals surface area contributed by atoms with E-state index in [-0.39, 0.29) is 17.2 Å². The number of rotatable bonds is 2. The first kappa shape index (κ1) is 12.5. The average molecular weight is 253 g/mol. The number of ether oxygens (including phenoxy) is 1. The molecule has 0 aliphatic carbocycles. The van der Waals surface area contributed by atoms with Gasteiger partial charge in [-0.1, -0.05) is 0 Å². The highest BCUT2D eigenvalue weighted by atomic mass is 19.1. The van der Waals surface area contributed by atoms with Gasteiger partial charge in [0.1, 0.15) is 5.82 Å².